The van der Waals surface area contributed by atoms with Crippen molar-refractivity contribution in [1.29, 1.82) is 0 Å². The predicted molar refractivity (Wildman–Crippen MR) is 111 cm³/mol. The Kier molecular flexibility index (Phi) is 4.45. The van der Waals surface area contributed by atoms with E-state index in [1.807, 2.05) is 36.4 Å². The summed E-state index contributed by atoms with van der Waals surface area (Å²) >= 11 is 2.46. The van der Waals surface area contributed by atoms with Crippen LogP contribution in [0.25, 0.3) is 16.5 Å². The Morgan fingerprint density at radius 2 is 1.72 bits per heavy atom. The molecule has 4 rings (SSSR count). The van der Waals surface area contributed by atoms with E-state index in [2.05, 4.69) is 28.7 Å². The van der Waals surface area contributed by atoms with Crippen LogP contribution < -0.4 is 0 Å². The quantitative estimate of drug-likeness (QED) is 0.393. The lowest BCUT2D eigenvalue weighted by Crippen LogP contribution is -2.16. The van der Waals surface area contributed by atoms with Gasteiger partial charge < -0.3 is 0 Å². The van der Waals surface area contributed by atoms with Gasteiger partial charge in [-0.05, 0) is 49.1 Å². The predicted octanol–water partition coefficient (Wildman–Crippen LogP) is 5.25. The van der Waals surface area contributed by atoms with Crippen LogP contribution in [0.4, 0.5) is 0 Å². The molecule has 0 aliphatic heterocycles. The zero-order chi connectivity index (χ0) is 17.4. The van der Waals surface area contributed by atoms with Crippen molar-refractivity contribution < 1.29 is 8.42 Å². The molecule has 1 aromatic heterocycles. The van der Waals surface area contributed by atoms with E-state index in [1.165, 1.54) is 3.97 Å². The fourth-order valence-corrected chi connectivity index (χ4v) is 5.48. The first-order valence-electron chi connectivity index (χ1n) is 8.32. The van der Waals surface area contributed by atoms with E-state index in [9.17, 15) is 8.42 Å². The number of para-hydroxylation sites is 1. The van der Waals surface area contributed by atoms with Crippen molar-refractivity contribution >= 4 is 49.1 Å². The molecule has 0 saturated heterocycles. The van der Waals surface area contributed by atoms with Crippen molar-refractivity contribution in [3.63, 3.8) is 0 Å². The lowest BCUT2D eigenvalue weighted by Gasteiger charge is -2.19. The summed E-state index contributed by atoms with van der Waals surface area (Å²) in [6, 6.07) is 18.4. The van der Waals surface area contributed by atoms with Crippen molar-refractivity contribution in [3.8, 4) is 0 Å². The van der Waals surface area contributed by atoms with Crippen LogP contribution >= 0.6 is 22.6 Å². The van der Waals surface area contributed by atoms with E-state index in [4.69, 9.17) is 0 Å². The maximum absolute atomic E-state index is 13.4. The average Bonchev–Trinajstić information content (AvgIpc) is 3.03. The molecule has 0 amide bonds. The molecule has 3 nitrogen and oxygen atoms in total. The molecule has 0 fully saturated rings. The molecule has 1 aliphatic rings. The molecule has 3 aromatic rings. The third-order valence-electron chi connectivity index (χ3n) is 4.62. The van der Waals surface area contributed by atoms with Crippen LogP contribution in [0.3, 0.4) is 0 Å². The van der Waals surface area contributed by atoms with Crippen molar-refractivity contribution in [2.24, 2.45) is 0 Å². The number of benzene rings is 2. The van der Waals surface area contributed by atoms with Gasteiger partial charge in [-0.2, -0.15) is 0 Å². The second-order valence-corrected chi connectivity index (χ2v) is 9.82. The molecule has 0 radical (unpaired) electrons. The Morgan fingerprint density at radius 1 is 1.00 bits per heavy atom. The second kappa shape index (κ2) is 6.61. The molecule has 1 unspecified atom stereocenters. The summed E-state index contributed by atoms with van der Waals surface area (Å²) in [6.07, 6.45) is 5.18. The Bertz CT molecular complexity index is 1050. The Balaban J connectivity index is 1.98. The first-order valence-corrected chi connectivity index (χ1v) is 11.0. The van der Waals surface area contributed by atoms with Crippen molar-refractivity contribution in [1.82, 2.24) is 3.97 Å². The molecule has 128 valence electrons. The number of halogens is 1. The summed E-state index contributed by atoms with van der Waals surface area (Å²) in [4.78, 5) is 0.320. The van der Waals surface area contributed by atoms with Gasteiger partial charge in [0.15, 0.2) is 0 Å². The summed E-state index contributed by atoms with van der Waals surface area (Å²) in [7, 11) is -3.64. The highest BCUT2D eigenvalue weighted by molar-refractivity contribution is 14.1. The number of allylic oxidation sites excluding steroid dienone is 2. The van der Waals surface area contributed by atoms with Crippen LogP contribution in [-0.4, -0.2) is 16.3 Å². The van der Waals surface area contributed by atoms with Gasteiger partial charge in [-0.1, -0.05) is 65.1 Å². The van der Waals surface area contributed by atoms with E-state index in [0.717, 1.165) is 41.4 Å². The van der Waals surface area contributed by atoms with Crippen molar-refractivity contribution in [2.75, 3.05) is 0 Å². The van der Waals surface area contributed by atoms with Gasteiger partial charge in [-0.3, -0.25) is 0 Å². The van der Waals surface area contributed by atoms with Gasteiger partial charge in [0.1, 0.15) is 0 Å². The van der Waals surface area contributed by atoms with Crippen molar-refractivity contribution in [3.05, 3.63) is 72.4 Å². The van der Waals surface area contributed by atoms with Gasteiger partial charge in [-0.15, -0.1) is 0 Å². The topological polar surface area (TPSA) is 39.1 Å². The molecule has 0 saturated carbocycles. The second-order valence-electron chi connectivity index (χ2n) is 6.27. The van der Waals surface area contributed by atoms with E-state index >= 15 is 0 Å². The molecule has 1 aliphatic carbocycles. The molecule has 2 aromatic carbocycles. The highest BCUT2D eigenvalue weighted by Crippen LogP contribution is 2.35. The maximum atomic E-state index is 13.4. The number of nitrogens with zero attached hydrogens (tertiary/aromatic N) is 1. The minimum absolute atomic E-state index is 0.320. The third-order valence-corrected chi connectivity index (χ3v) is 7.50. The molecule has 5 heteroatoms. The Morgan fingerprint density at radius 3 is 2.44 bits per heavy atom. The van der Waals surface area contributed by atoms with Gasteiger partial charge in [0, 0.05) is 9.31 Å². The number of hydrogen-bond donors (Lipinski definition) is 0. The zero-order valence-electron chi connectivity index (χ0n) is 13.6. The standard InChI is InChI=1S/C20H18INO2S/c21-17-12-10-15(11-13-17)20-14-16-6-4-5-9-19(16)22(20)25(23,24)18-7-2-1-3-8-18/h1-10,14,17H,11-13H2. The summed E-state index contributed by atoms with van der Waals surface area (Å²) in [5.41, 5.74) is 2.66. The molecule has 1 heterocycles. The number of fused-ring (bicyclic) bond motifs is 1. The maximum Gasteiger partial charge on any atom is 0.268 e. The van der Waals surface area contributed by atoms with Crippen LogP contribution in [0.5, 0.6) is 0 Å². The van der Waals surface area contributed by atoms with E-state index in [0.29, 0.717) is 8.82 Å². The van der Waals surface area contributed by atoms with E-state index < -0.39 is 10.0 Å². The number of aromatic nitrogens is 1. The van der Waals surface area contributed by atoms with Gasteiger partial charge in [0.2, 0.25) is 0 Å². The number of hydrogen-bond acceptors (Lipinski definition) is 2. The minimum atomic E-state index is -3.64. The molecule has 1 atom stereocenters. The van der Waals surface area contributed by atoms with Crippen molar-refractivity contribution in [2.45, 2.75) is 28.1 Å². The normalized spacial score (nSPS) is 18.3. The van der Waals surface area contributed by atoms with Crippen LogP contribution in [0, 0.1) is 0 Å². The first-order chi connectivity index (χ1) is 12.1. The largest absolute Gasteiger partial charge is 0.268 e. The average molecular weight is 463 g/mol. The fraction of sp³-hybridized carbons (Fsp3) is 0.200. The highest BCUT2D eigenvalue weighted by Gasteiger charge is 2.25. The van der Waals surface area contributed by atoms with Gasteiger partial charge >= 0.3 is 0 Å². The molecule has 0 N–H and O–H groups in total. The number of alkyl halides is 1. The van der Waals surface area contributed by atoms with Gasteiger partial charge in [0.05, 0.1) is 16.1 Å². The van der Waals surface area contributed by atoms with Crippen LogP contribution in [0.15, 0.2) is 71.6 Å². The SMILES string of the molecule is O=S(=O)(c1ccccc1)n1c(C2=CCC(I)CC2)cc2ccccc21. The Labute approximate surface area is 161 Å². The van der Waals surface area contributed by atoms with Crippen LogP contribution in [0.2, 0.25) is 0 Å². The monoisotopic (exact) mass is 463 g/mol. The minimum Gasteiger partial charge on any atom is -0.234 e. The highest BCUT2D eigenvalue weighted by atomic mass is 127. The Hall–Kier alpha value is -1.60. The lowest BCUT2D eigenvalue weighted by atomic mass is 9.97. The summed E-state index contributed by atoms with van der Waals surface area (Å²) in [6.45, 7) is 0. The first kappa shape index (κ1) is 16.8. The van der Waals surface area contributed by atoms with E-state index in [1.54, 1.807) is 24.3 Å². The van der Waals surface area contributed by atoms with Gasteiger partial charge in [0.25, 0.3) is 10.0 Å². The smallest absolute Gasteiger partial charge is 0.234 e. The van der Waals surface area contributed by atoms with Gasteiger partial charge in [-0.25, -0.2) is 12.4 Å². The summed E-state index contributed by atoms with van der Waals surface area (Å²) in [5, 5.41) is 0.953. The molecule has 0 bridgehead atoms. The fourth-order valence-electron chi connectivity index (χ4n) is 3.34. The molecule has 0 spiro atoms. The lowest BCUT2D eigenvalue weighted by molar-refractivity contribution is 0.588. The summed E-state index contributed by atoms with van der Waals surface area (Å²) < 4.78 is 28.9. The van der Waals surface area contributed by atoms with Crippen LogP contribution in [0.1, 0.15) is 25.0 Å². The molecular weight excluding hydrogens is 445 g/mol. The zero-order valence-corrected chi connectivity index (χ0v) is 16.6. The molecular formula is C20H18INO2S. The van der Waals surface area contributed by atoms with E-state index in [-0.39, 0.29) is 0 Å². The number of rotatable bonds is 3. The third kappa shape index (κ3) is 3.04. The van der Waals surface area contributed by atoms with Crippen LogP contribution in [-0.2, 0) is 10.0 Å². The summed E-state index contributed by atoms with van der Waals surface area (Å²) in [5.74, 6) is 0. The molecule has 25 heavy (non-hydrogen) atoms.